The normalized spacial score (nSPS) is 14.9. The highest BCUT2D eigenvalue weighted by Gasteiger charge is 2.18. The van der Waals surface area contributed by atoms with E-state index in [1.807, 2.05) is 0 Å². The number of anilines is 1. The summed E-state index contributed by atoms with van der Waals surface area (Å²) in [6, 6.07) is 3.73. The van der Waals surface area contributed by atoms with E-state index in [9.17, 15) is 14.6 Å². The Bertz CT molecular complexity index is 332. The number of rotatable bonds is 4. The Labute approximate surface area is 86.8 Å². The first kappa shape index (κ1) is 11.9. The zero-order chi connectivity index (χ0) is 11.4. The van der Waals surface area contributed by atoms with Crippen molar-refractivity contribution in [3.63, 3.8) is 0 Å². The van der Waals surface area contributed by atoms with Crippen LogP contribution in [0.15, 0.2) is 18.2 Å². The molecule has 0 aromatic heterocycles. The molecule has 0 fully saturated rings. The van der Waals surface area contributed by atoms with Crippen molar-refractivity contribution in [1.82, 2.24) is 0 Å². The van der Waals surface area contributed by atoms with Gasteiger partial charge in [0, 0.05) is 6.61 Å². The van der Waals surface area contributed by atoms with Crippen molar-refractivity contribution >= 4 is 5.69 Å². The monoisotopic (exact) mass is 215 g/mol. The van der Waals surface area contributed by atoms with E-state index in [-0.39, 0.29) is 18.7 Å². The number of hydrogen-bond donors (Lipinski definition) is 4. The Morgan fingerprint density at radius 3 is 2.53 bits per heavy atom. The summed E-state index contributed by atoms with van der Waals surface area (Å²) >= 11 is 0. The minimum Gasteiger partial charge on any atom is -0.396 e. The van der Waals surface area contributed by atoms with Crippen LogP contribution in [-0.2, 0) is 0 Å². The fourth-order valence-electron chi connectivity index (χ4n) is 1.26. The van der Waals surface area contributed by atoms with Crippen LogP contribution in [0, 0.1) is 5.82 Å². The van der Waals surface area contributed by atoms with Gasteiger partial charge in [-0.2, -0.15) is 0 Å². The molecule has 0 bridgehead atoms. The Hall–Kier alpha value is -1.17. The van der Waals surface area contributed by atoms with E-state index < -0.39 is 18.0 Å². The first-order valence-corrected chi connectivity index (χ1v) is 4.58. The molecule has 5 N–H and O–H groups in total. The van der Waals surface area contributed by atoms with Crippen molar-refractivity contribution in [2.45, 2.75) is 18.6 Å². The van der Waals surface area contributed by atoms with Gasteiger partial charge in [-0.3, -0.25) is 0 Å². The molecule has 5 heteroatoms. The quantitative estimate of drug-likeness (QED) is 0.540. The molecular weight excluding hydrogens is 201 g/mol. The summed E-state index contributed by atoms with van der Waals surface area (Å²) in [5.74, 6) is -0.567. The van der Waals surface area contributed by atoms with Crippen LogP contribution in [-0.4, -0.2) is 28.0 Å². The lowest BCUT2D eigenvalue weighted by Gasteiger charge is -2.17. The number of nitrogens with two attached hydrogens (primary N) is 1. The molecule has 1 rings (SSSR count). The molecule has 0 saturated heterocycles. The first-order chi connectivity index (χ1) is 7.06. The molecule has 0 saturated carbocycles. The van der Waals surface area contributed by atoms with Gasteiger partial charge in [0.15, 0.2) is 0 Å². The summed E-state index contributed by atoms with van der Waals surface area (Å²) in [4.78, 5) is 0. The van der Waals surface area contributed by atoms with Gasteiger partial charge in [0.25, 0.3) is 0 Å². The van der Waals surface area contributed by atoms with Crippen LogP contribution in [0.1, 0.15) is 18.1 Å². The highest BCUT2D eigenvalue weighted by atomic mass is 19.1. The topological polar surface area (TPSA) is 86.7 Å². The van der Waals surface area contributed by atoms with Gasteiger partial charge in [-0.05, 0) is 24.1 Å². The number of aliphatic hydroxyl groups is 3. The summed E-state index contributed by atoms with van der Waals surface area (Å²) in [6.45, 7) is -0.227. The third-order valence-corrected chi connectivity index (χ3v) is 2.15. The summed E-state index contributed by atoms with van der Waals surface area (Å²) in [7, 11) is 0. The van der Waals surface area contributed by atoms with E-state index in [1.54, 1.807) is 0 Å². The molecule has 0 radical (unpaired) electrons. The van der Waals surface area contributed by atoms with Crippen LogP contribution in [0.25, 0.3) is 0 Å². The molecule has 2 unspecified atom stereocenters. The van der Waals surface area contributed by atoms with Gasteiger partial charge in [-0.25, -0.2) is 4.39 Å². The van der Waals surface area contributed by atoms with Crippen molar-refractivity contribution in [2.24, 2.45) is 0 Å². The average Bonchev–Trinajstić information content (AvgIpc) is 2.21. The zero-order valence-corrected chi connectivity index (χ0v) is 8.10. The molecule has 4 nitrogen and oxygen atoms in total. The van der Waals surface area contributed by atoms with E-state index >= 15 is 0 Å². The van der Waals surface area contributed by atoms with Gasteiger partial charge >= 0.3 is 0 Å². The van der Waals surface area contributed by atoms with Crippen LogP contribution in [0.5, 0.6) is 0 Å². The fourth-order valence-corrected chi connectivity index (χ4v) is 1.26. The maximum Gasteiger partial charge on any atom is 0.146 e. The molecule has 15 heavy (non-hydrogen) atoms. The molecule has 0 aliphatic rings. The van der Waals surface area contributed by atoms with Crippen LogP contribution < -0.4 is 5.73 Å². The second-order valence-corrected chi connectivity index (χ2v) is 3.31. The smallest absolute Gasteiger partial charge is 0.146 e. The summed E-state index contributed by atoms with van der Waals surface area (Å²) < 4.78 is 12.8. The lowest BCUT2D eigenvalue weighted by Crippen LogP contribution is -2.19. The molecular formula is C10H14FNO3. The summed E-state index contributed by atoms with van der Waals surface area (Å²) in [5, 5.41) is 27.6. The first-order valence-electron chi connectivity index (χ1n) is 4.58. The van der Waals surface area contributed by atoms with Gasteiger partial charge in [0.1, 0.15) is 11.9 Å². The summed E-state index contributed by atoms with van der Waals surface area (Å²) in [6.07, 6.45) is -2.20. The minimum atomic E-state index is -1.17. The number of halogens is 1. The standard InChI is InChI=1S/C10H14FNO3/c11-7-2-1-6(5-8(7)12)10(15)9(14)3-4-13/h1-2,5,9-10,13-15H,3-4,12H2. The number of benzene rings is 1. The van der Waals surface area contributed by atoms with Gasteiger partial charge in [-0.1, -0.05) is 6.07 Å². The predicted octanol–water partition coefficient (Wildman–Crippen LogP) is 0.185. The van der Waals surface area contributed by atoms with E-state index in [4.69, 9.17) is 10.8 Å². The molecule has 2 atom stereocenters. The molecule has 0 aliphatic heterocycles. The van der Waals surface area contributed by atoms with E-state index in [0.29, 0.717) is 5.56 Å². The highest BCUT2D eigenvalue weighted by Crippen LogP contribution is 2.22. The van der Waals surface area contributed by atoms with Crippen molar-refractivity contribution in [2.75, 3.05) is 12.3 Å². The molecule has 0 aliphatic carbocycles. The van der Waals surface area contributed by atoms with Gasteiger partial charge in [-0.15, -0.1) is 0 Å². The predicted molar refractivity (Wildman–Crippen MR) is 53.5 cm³/mol. The average molecular weight is 215 g/mol. The zero-order valence-electron chi connectivity index (χ0n) is 8.10. The molecule has 1 aromatic carbocycles. The van der Waals surface area contributed by atoms with E-state index in [0.717, 1.165) is 6.07 Å². The molecule has 84 valence electrons. The lowest BCUT2D eigenvalue weighted by atomic mass is 10.0. The van der Waals surface area contributed by atoms with E-state index in [1.165, 1.54) is 12.1 Å². The number of aliphatic hydroxyl groups excluding tert-OH is 3. The Morgan fingerprint density at radius 1 is 1.33 bits per heavy atom. The minimum absolute atomic E-state index is 0.0540. The second kappa shape index (κ2) is 5.06. The third-order valence-electron chi connectivity index (χ3n) is 2.15. The Balaban J connectivity index is 2.81. The van der Waals surface area contributed by atoms with E-state index in [2.05, 4.69) is 0 Å². The third kappa shape index (κ3) is 2.89. The highest BCUT2D eigenvalue weighted by molar-refractivity contribution is 5.43. The summed E-state index contributed by atoms with van der Waals surface area (Å²) in [5.41, 5.74) is 5.56. The number of nitrogen functional groups attached to an aromatic ring is 1. The maximum absolute atomic E-state index is 12.8. The second-order valence-electron chi connectivity index (χ2n) is 3.31. The van der Waals surface area contributed by atoms with Crippen LogP contribution in [0.3, 0.4) is 0 Å². The van der Waals surface area contributed by atoms with Crippen molar-refractivity contribution in [3.8, 4) is 0 Å². The number of hydrogen-bond acceptors (Lipinski definition) is 4. The fraction of sp³-hybridized carbons (Fsp3) is 0.400. The van der Waals surface area contributed by atoms with Crippen molar-refractivity contribution in [1.29, 1.82) is 0 Å². The molecule has 0 amide bonds. The van der Waals surface area contributed by atoms with Gasteiger partial charge < -0.3 is 21.1 Å². The molecule has 1 aromatic rings. The van der Waals surface area contributed by atoms with Crippen molar-refractivity contribution in [3.05, 3.63) is 29.6 Å². The molecule has 0 spiro atoms. The van der Waals surface area contributed by atoms with Crippen LogP contribution in [0.4, 0.5) is 10.1 Å². The SMILES string of the molecule is Nc1cc(C(O)C(O)CCO)ccc1F. The van der Waals surface area contributed by atoms with Crippen molar-refractivity contribution < 1.29 is 19.7 Å². The van der Waals surface area contributed by atoms with Gasteiger partial charge in [0.2, 0.25) is 0 Å². The molecule has 0 heterocycles. The Kier molecular flexibility index (Phi) is 4.02. The Morgan fingerprint density at radius 2 is 2.00 bits per heavy atom. The largest absolute Gasteiger partial charge is 0.396 e. The maximum atomic E-state index is 12.8. The van der Waals surface area contributed by atoms with Crippen LogP contribution >= 0.6 is 0 Å². The van der Waals surface area contributed by atoms with Crippen LogP contribution in [0.2, 0.25) is 0 Å². The lowest BCUT2D eigenvalue weighted by molar-refractivity contribution is 0.00422. The van der Waals surface area contributed by atoms with Gasteiger partial charge in [0.05, 0.1) is 11.8 Å².